The number of halogens is 2. The van der Waals surface area contributed by atoms with E-state index in [1.54, 1.807) is 25.2 Å². The molecular weight excluding hydrogens is 387 g/mol. The number of likely N-dealkylation sites (N-methyl/N-ethyl adjacent to an activating group) is 1. The van der Waals surface area contributed by atoms with E-state index in [0.29, 0.717) is 21.5 Å². The van der Waals surface area contributed by atoms with Crippen LogP contribution in [0.2, 0.25) is 10.0 Å². The lowest BCUT2D eigenvalue weighted by Crippen LogP contribution is -2.36. The number of amides is 2. The molecule has 1 aliphatic carbocycles. The van der Waals surface area contributed by atoms with Crippen LogP contribution in [0.1, 0.15) is 17.9 Å². The molecule has 27 heavy (non-hydrogen) atoms. The predicted molar refractivity (Wildman–Crippen MR) is 107 cm³/mol. The molecule has 0 heterocycles. The molecular formula is C20H20Cl2N2O3. The number of benzene rings is 2. The Morgan fingerprint density at radius 2 is 1.96 bits per heavy atom. The average molecular weight is 407 g/mol. The Morgan fingerprint density at radius 3 is 2.67 bits per heavy atom. The van der Waals surface area contributed by atoms with Crippen LogP contribution < -0.4 is 10.1 Å². The summed E-state index contributed by atoms with van der Waals surface area (Å²) in [6, 6.07) is 12.5. The second-order valence-corrected chi connectivity index (χ2v) is 7.40. The second kappa shape index (κ2) is 8.19. The van der Waals surface area contributed by atoms with Crippen molar-refractivity contribution in [2.24, 2.45) is 5.92 Å². The van der Waals surface area contributed by atoms with E-state index in [1.807, 2.05) is 24.3 Å². The van der Waals surface area contributed by atoms with Gasteiger partial charge in [-0.15, -0.1) is 0 Å². The van der Waals surface area contributed by atoms with E-state index in [-0.39, 0.29) is 30.2 Å². The minimum absolute atomic E-state index is 0.0553. The summed E-state index contributed by atoms with van der Waals surface area (Å²) in [5.41, 5.74) is 1.45. The third kappa shape index (κ3) is 4.54. The molecule has 1 aliphatic rings. The lowest BCUT2D eigenvalue weighted by Gasteiger charge is -2.18. The molecule has 2 amide bonds. The molecule has 2 aromatic carbocycles. The molecule has 0 radical (unpaired) electrons. The molecule has 0 aliphatic heterocycles. The first-order chi connectivity index (χ1) is 12.9. The van der Waals surface area contributed by atoms with E-state index in [2.05, 4.69) is 5.32 Å². The monoisotopic (exact) mass is 406 g/mol. The Balaban J connectivity index is 1.58. The van der Waals surface area contributed by atoms with Crippen molar-refractivity contribution < 1.29 is 14.3 Å². The topological polar surface area (TPSA) is 58.6 Å². The van der Waals surface area contributed by atoms with Crippen LogP contribution in [0.3, 0.4) is 0 Å². The van der Waals surface area contributed by atoms with Gasteiger partial charge >= 0.3 is 0 Å². The number of carbonyl (C=O) groups is 2. The molecule has 2 atom stereocenters. The summed E-state index contributed by atoms with van der Waals surface area (Å²) in [6.07, 6.45) is 0.747. The summed E-state index contributed by atoms with van der Waals surface area (Å²) in [6.45, 7) is -0.0553. The van der Waals surface area contributed by atoms with Crippen LogP contribution in [0.25, 0.3) is 0 Å². The van der Waals surface area contributed by atoms with Crippen molar-refractivity contribution >= 4 is 40.7 Å². The maximum Gasteiger partial charge on any atom is 0.244 e. The van der Waals surface area contributed by atoms with Crippen LogP contribution >= 0.6 is 23.2 Å². The smallest absolute Gasteiger partial charge is 0.244 e. The van der Waals surface area contributed by atoms with E-state index >= 15 is 0 Å². The van der Waals surface area contributed by atoms with Gasteiger partial charge in [0.15, 0.2) is 0 Å². The van der Waals surface area contributed by atoms with Gasteiger partial charge in [-0.3, -0.25) is 9.59 Å². The van der Waals surface area contributed by atoms with Crippen LogP contribution in [0.15, 0.2) is 42.5 Å². The van der Waals surface area contributed by atoms with Gasteiger partial charge in [0, 0.05) is 23.0 Å². The number of anilines is 1. The molecule has 0 saturated heterocycles. The van der Waals surface area contributed by atoms with Crippen molar-refractivity contribution in [3.05, 3.63) is 58.1 Å². The Hall–Kier alpha value is -2.24. The Bertz CT molecular complexity index is 872. The van der Waals surface area contributed by atoms with E-state index in [0.717, 1.165) is 12.0 Å². The summed E-state index contributed by atoms with van der Waals surface area (Å²) in [7, 11) is 3.13. The number of nitrogens with zero attached hydrogens (tertiary/aromatic N) is 1. The highest BCUT2D eigenvalue weighted by atomic mass is 35.5. The fourth-order valence-corrected chi connectivity index (χ4v) is 3.58. The molecule has 2 aromatic rings. The number of nitrogens with one attached hydrogen (secondary N) is 1. The summed E-state index contributed by atoms with van der Waals surface area (Å²) < 4.78 is 5.21. The highest BCUT2D eigenvalue weighted by Gasteiger charge is 2.46. The highest BCUT2D eigenvalue weighted by molar-refractivity contribution is 6.31. The van der Waals surface area contributed by atoms with E-state index in [1.165, 1.54) is 12.0 Å². The number of hydrogen-bond acceptors (Lipinski definition) is 3. The zero-order valence-corrected chi connectivity index (χ0v) is 16.6. The first-order valence-electron chi connectivity index (χ1n) is 8.53. The lowest BCUT2D eigenvalue weighted by molar-refractivity contribution is -0.134. The van der Waals surface area contributed by atoms with Crippen molar-refractivity contribution in [3.8, 4) is 5.75 Å². The van der Waals surface area contributed by atoms with Crippen molar-refractivity contribution in [2.75, 3.05) is 26.0 Å². The third-order valence-corrected chi connectivity index (χ3v) is 5.18. The molecule has 1 saturated carbocycles. The molecule has 1 N–H and O–H groups in total. The van der Waals surface area contributed by atoms with Crippen LogP contribution in [0, 0.1) is 5.92 Å². The largest absolute Gasteiger partial charge is 0.495 e. The van der Waals surface area contributed by atoms with Gasteiger partial charge in [0.1, 0.15) is 5.75 Å². The summed E-state index contributed by atoms with van der Waals surface area (Å²) >= 11 is 12.2. The zero-order valence-electron chi connectivity index (χ0n) is 15.0. The Kier molecular flexibility index (Phi) is 5.92. The fraction of sp³-hybridized carbons (Fsp3) is 0.300. The SMILES string of the molecule is COc1ccc(Cl)cc1NC(=O)CN(C)C(=O)C1CC1c1ccccc1Cl. The number of rotatable bonds is 6. The molecule has 7 heteroatoms. The molecule has 1 fully saturated rings. The first kappa shape index (κ1) is 19.5. The number of ether oxygens (including phenoxy) is 1. The Labute approximate surface area is 168 Å². The molecule has 0 aromatic heterocycles. The van der Waals surface area contributed by atoms with Gasteiger partial charge in [-0.1, -0.05) is 41.4 Å². The summed E-state index contributed by atoms with van der Waals surface area (Å²) in [5.74, 6) is 0.102. The molecule has 0 bridgehead atoms. The maximum absolute atomic E-state index is 12.6. The second-order valence-electron chi connectivity index (χ2n) is 6.56. The maximum atomic E-state index is 12.6. The number of carbonyl (C=O) groups excluding carboxylic acids is 2. The fourth-order valence-electron chi connectivity index (χ4n) is 3.13. The minimum atomic E-state index is -0.318. The Morgan fingerprint density at radius 1 is 1.22 bits per heavy atom. The average Bonchev–Trinajstić information content (AvgIpc) is 3.42. The summed E-state index contributed by atoms with van der Waals surface area (Å²) in [5, 5.41) is 3.89. The molecule has 5 nitrogen and oxygen atoms in total. The van der Waals surface area contributed by atoms with E-state index < -0.39 is 0 Å². The molecule has 142 valence electrons. The quantitative estimate of drug-likeness (QED) is 0.781. The third-order valence-electron chi connectivity index (χ3n) is 4.60. The number of hydrogen-bond donors (Lipinski definition) is 1. The van der Waals surface area contributed by atoms with E-state index in [9.17, 15) is 9.59 Å². The molecule has 3 rings (SSSR count). The normalized spacial score (nSPS) is 17.9. The highest BCUT2D eigenvalue weighted by Crippen LogP contribution is 2.50. The summed E-state index contributed by atoms with van der Waals surface area (Å²) in [4.78, 5) is 26.4. The lowest BCUT2D eigenvalue weighted by atomic mass is 10.1. The van der Waals surface area contributed by atoms with Gasteiger partial charge in [-0.2, -0.15) is 0 Å². The van der Waals surface area contributed by atoms with Gasteiger partial charge in [0.25, 0.3) is 0 Å². The molecule has 0 spiro atoms. The van der Waals surface area contributed by atoms with Crippen LogP contribution in [-0.4, -0.2) is 37.4 Å². The van der Waals surface area contributed by atoms with Gasteiger partial charge in [-0.05, 0) is 42.2 Å². The van der Waals surface area contributed by atoms with Crippen molar-refractivity contribution in [1.29, 1.82) is 0 Å². The first-order valence-corrected chi connectivity index (χ1v) is 9.29. The van der Waals surface area contributed by atoms with Gasteiger partial charge in [0.2, 0.25) is 11.8 Å². The van der Waals surface area contributed by atoms with Crippen LogP contribution in [0.5, 0.6) is 5.75 Å². The van der Waals surface area contributed by atoms with Crippen molar-refractivity contribution in [3.63, 3.8) is 0 Å². The zero-order chi connectivity index (χ0) is 19.6. The van der Waals surface area contributed by atoms with Crippen LogP contribution in [0.4, 0.5) is 5.69 Å². The van der Waals surface area contributed by atoms with E-state index in [4.69, 9.17) is 27.9 Å². The van der Waals surface area contributed by atoms with Gasteiger partial charge in [0.05, 0.1) is 19.3 Å². The minimum Gasteiger partial charge on any atom is -0.495 e. The molecule has 2 unspecified atom stereocenters. The standard InChI is InChI=1S/C20H20Cl2N2O3/c1-24(11-19(25)23-17-9-12(21)7-8-18(17)27-2)20(26)15-10-14(15)13-5-3-4-6-16(13)22/h3-9,14-15H,10-11H2,1-2H3,(H,23,25). The van der Waals surface area contributed by atoms with Crippen LogP contribution in [-0.2, 0) is 9.59 Å². The van der Waals surface area contributed by atoms with Gasteiger partial charge in [-0.25, -0.2) is 0 Å². The predicted octanol–water partition coefficient (Wildman–Crippen LogP) is 4.20. The van der Waals surface area contributed by atoms with Gasteiger partial charge < -0.3 is 15.0 Å². The van der Waals surface area contributed by atoms with Crippen molar-refractivity contribution in [2.45, 2.75) is 12.3 Å². The van der Waals surface area contributed by atoms with Crippen molar-refractivity contribution in [1.82, 2.24) is 4.90 Å². The number of methoxy groups -OCH3 is 1.